The third-order valence-corrected chi connectivity index (χ3v) is 9.02. The van der Waals surface area contributed by atoms with Crippen molar-refractivity contribution >= 4 is 41.1 Å². The van der Waals surface area contributed by atoms with Crippen molar-refractivity contribution in [1.29, 1.82) is 10.5 Å². The van der Waals surface area contributed by atoms with Crippen LogP contribution in [0, 0.1) is 22.7 Å². The van der Waals surface area contributed by atoms with Crippen molar-refractivity contribution in [2.45, 2.75) is 60.7 Å². The van der Waals surface area contributed by atoms with Crippen LogP contribution >= 0.6 is 0 Å². The monoisotopic (exact) mass is 688 g/mol. The maximum atomic E-state index is 12.5. The fourth-order valence-electron chi connectivity index (χ4n) is 6.84. The Bertz CT molecular complexity index is 1990. The normalized spacial score (nSPS) is 30.8. The molecular weight excluding hydrogens is 664 g/mol. The van der Waals surface area contributed by atoms with Crippen molar-refractivity contribution in [3.8, 4) is 12.1 Å². The van der Waals surface area contributed by atoms with Gasteiger partial charge in [-0.1, -0.05) is 0 Å². The first kappa shape index (κ1) is 30.9. The molecule has 256 valence electrons. The summed E-state index contributed by atoms with van der Waals surface area (Å²) in [6, 6.07) is 10.5. The number of anilines is 2. The highest BCUT2D eigenvalue weighted by Crippen LogP contribution is 2.48. The summed E-state index contributed by atoms with van der Waals surface area (Å²) in [5.41, 5.74) is 9.52. The van der Waals surface area contributed by atoms with Gasteiger partial charge in [0.2, 0.25) is 11.2 Å². The van der Waals surface area contributed by atoms with Gasteiger partial charge in [-0.15, -0.1) is 0 Å². The standard InChI is InChI=1S/C29H24N10O11/c30-9-28(17-3-1-13-23(32)34-11-36-38(13)17)21-19(45-26(41)47-21)15(49-28)5-7-43-25(40)44-8-6-16-20-22(48-27(42)46-20)29(10-31,50-16)18-4-2-14-24(33)35-12-37-39(14)18/h1-4,11-12,15-16,19-22H,5-8H2,(H2,32,34,36)(H2,33,35,37)/t15-,16-,19-,20-,21-,22-,28+,29+/m1/s1. The molecule has 8 rings (SSSR count). The summed E-state index contributed by atoms with van der Waals surface area (Å²) < 4.78 is 46.8. The lowest BCUT2D eigenvalue weighted by Gasteiger charge is -2.24. The lowest BCUT2D eigenvalue weighted by Crippen LogP contribution is -2.39. The number of nitrogens with zero attached hydrogens (tertiary/aromatic N) is 8. The molecule has 0 spiro atoms. The SMILES string of the molecule is N#C[C@@]1(c2ccc3c(N)ncnn23)O[C@H](CCOC(=O)OCC[C@H]2O[C@@](C#N)(c3ccc4c(N)ncnn34)[C@@H]3OC(=O)O[C@@H]32)[C@H]2OC(=O)O[C@H]21. The van der Waals surface area contributed by atoms with Gasteiger partial charge >= 0.3 is 18.5 Å². The van der Waals surface area contributed by atoms with E-state index in [1.807, 2.05) is 0 Å². The molecule has 0 aromatic carbocycles. The average molecular weight is 689 g/mol. The number of carbonyl (C=O) groups is 3. The fourth-order valence-corrected chi connectivity index (χ4v) is 6.84. The zero-order valence-electron chi connectivity index (χ0n) is 25.5. The van der Waals surface area contributed by atoms with Crippen LogP contribution in [0.15, 0.2) is 36.9 Å². The number of fused-ring (bicyclic) bond motifs is 4. The molecule has 50 heavy (non-hydrogen) atoms. The van der Waals surface area contributed by atoms with Crippen LogP contribution in [0.2, 0.25) is 0 Å². The van der Waals surface area contributed by atoms with E-state index in [4.69, 9.17) is 49.4 Å². The molecule has 4 fully saturated rings. The van der Waals surface area contributed by atoms with Crippen molar-refractivity contribution in [3.63, 3.8) is 0 Å². The lowest BCUT2D eigenvalue weighted by atomic mass is 9.92. The van der Waals surface area contributed by atoms with E-state index >= 15 is 0 Å². The first-order valence-corrected chi connectivity index (χ1v) is 15.1. The van der Waals surface area contributed by atoms with Crippen LogP contribution in [0.25, 0.3) is 11.0 Å². The Labute approximate surface area is 279 Å². The molecule has 4 aliphatic heterocycles. The summed E-state index contributed by atoms with van der Waals surface area (Å²) in [4.78, 5) is 44.7. The molecular formula is C29H24N10O11. The molecule has 8 atom stereocenters. The fraction of sp³-hybridized carbons (Fsp3) is 0.414. The third-order valence-electron chi connectivity index (χ3n) is 9.02. The number of ether oxygens (including phenoxy) is 8. The van der Waals surface area contributed by atoms with E-state index in [1.54, 1.807) is 24.3 Å². The van der Waals surface area contributed by atoms with Gasteiger partial charge in [-0.25, -0.2) is 33.4 Å². The van der Waals surface area contributed by atoms with Crippen molar-refractivity contribution < 1.29 is 52.3 Å². The summed E-state index contributed by atoms with van der Waals surface area (Å²) in [6.45, 7) is -0.509. The number of aromatic nitrogens is 6. The van der Waals surface area contributed by atoms with Crippen LogP contribution < -0.4 is 11.5 Å². The van der Waals surface area contributed by atoms with Crippen molar-refractivity contribution in [2.75, 3.05) is 24.7 Å². The predicted molar refractivity (Wildman–Crippen MR) is 156 cm³/mol. The van der Waals surface area contributed by atoms with Gasteiger partial charge in [0, 0.05) is 12.8 Å². The molecule has 4 saturated heterocycles. The van der Waals surface area contributed by atoms with Crippen LogP contribution in [0.4, 0.5) is 26.0 Å². The van der Waals surface area contributed by atoms with Gasteiger partial charge < -0.3 is 49.4 Å². The van der Waals surface area contributed by atoms with E-state index in [9.17, 15) is 24.9 Å². The molecule has 0 amide bonds. The zero-order valence-corrected chi connectivity index (χ0v) is 25.5. The van der Waals surface area contributed by atoms with E-state index < -0.39 is 66.3 Å². The highest BCUT2D eigenvalue weighted by molar-refractivity contribution is 5.68. The molecule has 4 aromatic heterocycles. The van der Waals surface area contributed by atoms with E-state index in [2.05, 4.69) is 32.3 Å². The van der Waals surface area contributed by atoms with Gasteiger partial charge in [0.25, 0.3) is 0 Å². The third kappa shape index (κ3) is 4.48. The van der Waals surface area contributed by atoms with Crippen molar-refractivity contribution in [1.82, 2.24) is 29.2 Å². The smallest absolute Gasteiger partial charge is 0.434 e. The van der Waals surface area contributed by atoms with Crippen LogP contribution in [-0.4, -0.2) is 97.5 Å². The van der Waals surface area contributed by atoms with Gasteiger partial charge in [-0.2, -0.15) is 20.7 Å². The Balaban J connectivity index is 0.903. The van der Waals surface area contributed by atoms with Crippen LogP contribution in [0.3, 0.4) is 0 Å². The molecule has 0 saturated carbocycles. The first-order valence-electron chi connectivity index (χ1n) is 15.1. The Morgan fingerprint density at radius 1 is 0.760 bits per heavy atom. The summed E-state index contributed by atoms with van der Waals surface area (Å²) in [7, 11) is 0. The minimum Gasteiger partial charge on any atom is -0.434 e. The minimum absolute atomic E-state index is 0.0103. The summed E-state index contributed by atoms with van der Waals surface area (Å²) in [5, 5.41) is 28.9. The number of rotatable bonds is 8. The molecule has 0 aliphatic carbocycles. The number of nitriles is 2. The Kier molecular flexibility index (Phi) is 6.99. The molecule has 21 heteroatoms. The molecule has 0 unspecified atom stereocenters. The van der Waals surface area contributed by atoms with Gasteiger partial charge in [0.1, 0.15) is 48.0 Å². The average Bonchev–Trinajstić information content (AvgIpc) is 3.94. The van der Waals surface area contributed by atoms with Crippen LogP contribution in [0.1, 0.15) is 24.2 Å². The minimum atomic E-state index is -1.83. The highest BCUT2D eigenvalue weighted by Gasteiger charge is 2.66. The molecule has 0 radical (unpaired) electrons. The summed E-state index contributed by atoms with van der Waals surface area (Å²) >= 11 is 0. The van der Waals surface area contributed by atoms with E-state index in [1.165, 1.54) is 21.7 Å². The van der Waals surface area contributed by atoms with Crippen LogP contribution in [0.5, 0.6) is 0 Å². The van der Waals surface area contributed by atoms with Gasteiger partial charge in [-0.3, -0.25) is 0 Å². The maximum Gasteiger partial charge on any atom is 0.509 e. The zero-order chi connectivity index (χ0) is 34.8. The topological polar surface area (TPSA) is 285 Å². The van der Waals surface area contributed by atoms with Gasteiger partial charge in [0.15, 0.2) is 36.1 Å². The maximum absolute atomic E-state index is 12.5. The molecule has 8 heterocycles. The first-order chi connectivity index (χ1) is 24.2. The van der Waals surface area contributed by atoms with Crippen molar-refractivity contribution in [2.24, 2.45) is 0 Å². The second-order valence-electron chi connectivity index (χ2n) is 11.6. The Morgan fingerprint density at radius 2 is 1.20 bits per heavy atom. The number of carbonyl (C=O) groups excluding carboxylic acids is 3. The predicted octanol–water partition coefficient (Wildman–Crippen LogP) is 0.613. The molecule has 4 N–H and O–H groups in total. The number of nitrogens with two attached hydrogens (primary N) is 2. The van der Waals surface area contributed by atoms with Gasteiger partial charge in [0.05, 0.1) is 24.6 Å². The second-order valence-corrected chi connectivity index (χ2v) is 11.6. The van der Waals surface area contributed by atoms with Crippen LogP contribution in [-0.2, 0) is 49.1 Å². The Morgan fingerprint density at radius 3 is 1.62 bits per heavy atom. The molecule has 4 aromatic rings. The quantitative estimate of drug-likeness (QED) is 0.189. The lowest BCUT2D eigenvalue weighted by molar-refractivity contribution is -0.0779. The highest BCUT2D eigenvalue weighted by atomic mass is 16.8. The number of nitrogen functional groups attached to an aromatic ring is 2. The number of hydrogen-bond donors (Lipinski definition) is 2. The van der Waals surface area contributed by atoms with Crippen molar-refractivity contribution in [3.05, 3.63) is 48.3 Å². The van der Waals surface area contributed by atoms with E-state index in [0.717, 1.165) is 0 Å². The summed E-state index contributed by atoms with van der Waals surface area (Å²) in [5.74, 6) is 0.322. The largest absolute Gasteiger partial charge is 0.509 e. The van der Waals surface area contributed by atoms with Gasteiger partial charge in [-0.05, 0) is 24.3 Å². The number of hydrogen-bond acceptors (Lipinski definition) is 19. The summed E-state index contributed by atoms with van der Waals surface area (Å²) in [6.07, 6.45) is -6.81. The molecule has 21 nitrogen and oxygen atoms in total. The molecule has 0 bridgehead atoms. The second kappa shape index (κ2) is 11.3. The van der Waals surface area contributed by atoms with E-state index in [-0.39, 0.29) is 49.1 Å². The molecule has 4 aliphatic rings. The Hall–Kier alpha value is -6.45. The van der Waals surface area contributed by atoms with E-state index in [0.29, 0.717) is 11.0 Å².